The maximum Gasteiger partial charge on any atom is 0.187 e. The SMILES string of the molecule is OCc1cnc(SC2CCOCC2)nc1. The molecule has 0 amide bonds. The van der Waals surface area contributed by atoms with Gasteiger partial charge in [0.25, 0.3) is 0 Å². The zero-order chi connectivity index (χ0) is 10.5. The molecule has 1 aliphatic heterocycles. The van der Waals surface area contributed by atoms with Crippen LogP contribution in [0.4, 0.5) is 0 Å². The van der Waals surface area contributed by atoms with E-state index in [2.05, 4.69) is 9.97 Å². The molecule has 0 atom stereocenters. The number of rotatable bonds is 3. The lowest BCUT2D eigenvalue weighted by atomic mass is 10.2. The summed E-state index contributed by atoms with van der Waals surface area (Å²) in [6.45, 7) is 1.68. The van der Waals surface area contributed by atoms with Crippen molar-refractivity contribution in [3.8, 4) is 0 Å². The van der Waals surface area contributed by atoms with Crippen molar-refractivity contribution < 1.29 is 9.84 Å². The third-order valence-corrected chi connectivity index (χ3v) is 3.53. The van der Waals surface area contributed by atoms with Gasteiger partial charge < -0.3 is 9.84 Å². The minimum absolute atomic E-state index is 0.00220. The molecule has 0 aromatic carbocycles. The van der Waals surface area contributed by atoms with Crippen molar-refractivity contribution in [2.45, 2.75) is 29.9 Å². The van der Waals surface area contributed by atoms with Crippen LogP contribution in [0.3, 0.4) is 0 Å². The van der Waals surface area contributed by atoms with Gasteiger partial charge in [0.05, 0.1) is 6.61 Å². The fourth-order valence-electron chi connectivity index (χ4n) is 1.43. The Morgan fingerprint density at radius 1 is 1.33 bits per heavy atom. The van der Waals surface area contributed by atoms with E-state index in [0.717, 1.165) is 36.8 Å². The highest BCUT2D eigenvalue weighted by Crippen LogP contribution is 2.26. The molecule has 1 N–H and O–H groups in total. The second-order valence-corrected chi connectivity index (χ2v) is 4.73. The van der Waals surface area contributed by atoms with Crippen LogP contribution in [0, 0.1) is 0 Å². The van der Waals surface area contributed by atoms with Crippen LogP contribution >= 0.6 is 11.8 Å². The van der Waals surface area contributed by atoms with Gasteiger partial charge in [-0.2, -0.15) is 0 Å². The molecule has 1 fully saturated rings. The number of ether oxygens (including phenoxy) is 1. The minimum atomic E-state index is 0.00220. The van der Waals surface area contributed by atoms with Gasteiger partial charge in [-0.15, -0.1) is 0 Å². The summed E-state index contributed by atoms with van der Waals surface area (Å²) in [7, 11) is 0. The Kier molecular flexibility index (Phi) is 3.94. The molecule has 0 radical (unpaired) electrons. The molecule has 0 unspecified atom stereocenters. The van der Waals surface area contributed by atoms with Crippen molar-refractivity contribution >= 4 is 11.8 Å². The van der Waals surface area contributed by atoms with Crippen LogP contribution in [0.15, 0.2) is 17.6 Å². The molecule has 1 aliphatic rings. The van der Waals surface area contributed by atoms with Crippen LogP contribution in [0.2, 0.25) is 0 Å². The van der Waals surface area contributed by atoms with E-state index in [1.165, 1.54) is 0 Å². The molecule has 5 heteroatoms. The molecule has 0 spiro atoms. The molecule has 4 nitrogen and oxygen atoms in total. The Morgan fingerprint density at radius 2 is 2.00 bits per heavy atom. The van der Waals surface area contributed by atoms with Crippen molar-refractivity contribution in [2.24, 2.45) is 0 Å². The van der Waals surface area contributed by atoms with Crippen LogP contribution in [-0.4, -0.2) is 33.5 Å². The highest BCUT2D eigenvalue weighted by Gasteiger charge is 2.16. The van der Waals surface area contributed by atoms with E-state index < -0.39 is 0 Å². The predicted octanol–water partition coefficient (Wildman–Crippen LogP) is 1.24. The zero-order valence-electron chi connectivity index (χ0n) is 8.43. The van der Waals surface area contributed by atoms with E-state index in [0.29, 0.717) is 5.25 Å². The van der Waals surface area contributed by atoms with E-state index >= 15 is 0 Å². The second kappa shape index (κ2) is 5.44. The molecule has 0 saturated carbocycles. The van der Waals surface area contributed by atoms with E-state index in [1.807, 2.05) is 0 Å². The van der Waals surface area contributed by atoms with Gasteiger partial charge in [-0.1, -0.05) is 11.8 Å². The molecule has 15 heavy (non-hydrogen) atoms. The van der Waals surface area contributed by atoms with E-state index in [9.17, 15) is 0 Å². The number of aliphatic hydroxyl groups excluding tert-OH is 1. The van der Waals surface area contributed by atoms with Gasteiger partial charge in [-0.25, -0.2) is 9.97 Å². The van der Waals surface area contributed by atoms with Crippen molar-refractivity contribution in [3.63, 3.8) is 0 Å². The number of hydrogen-bond donors (Lipinski definition) is 1. The van der Waals surface area contributed by atoms with Crippen molar-refractivity contribution in [1.82, 2.24) is 9.97 Å². The monoisotopic (exact) mass is 226 g/mol. The minimum Gasteiger partial charge on any atom is -0.392 e. The van der Waals surface area contributed by atoms with E-state index in [-0.39, 0.29) is 6.61 Å². The van der Waals surface area contributed by atoms with Crippen LogP contribution in [0.1, 0.15) is 18.4 Å². The summed E-state index contributed by atoms with van der Waals surface area (Å²) < 4.78 is 5.29. The molecular formula is C10H14N2O2S. The smallest absolute Gasteiger partial charge is 0.187 e. The maximum atomic E-state index is 8.85. The van der Waals surface area contributed by atoms with Gasteiger partial charge in [-0.3, -0.25) is 0 Å². The molecule has 1 aromatic heterocycles. The fraction of sp³-hybridized carbons (Fsp3) is 0.600. The maximum absolute atomic E-state index is 8.85. The average molecular weight is 226 g/mol. The second-order valence-electron chi connectivity index (χ2n) is 3.46. The summed E-state index contributed by atoms with van der Waals surface area (Å²) in [5.74, 6) is 0. The summed E-state index contributed by atoms with van der Waals surface area (Å²) in [4.78, 5) is 8.39. The molecule has 1 saturated heterocycles. The van der Waals surface area contributed by atoms with Gasteiger partial charge in [0.15, 0.2) is 5.16 Å². The van der Waals surface area contributed by atoms with Gasteiger partial charge in [0.1, 0.15) is 0 Å². The third-order valence-electron chi connectivity index (χ3n) is 2.30. The summed E-state index contributed by atoms with van der Waals surface area (Å²) in [5.41, 5.74) is 0.756. The first kappa shape index (κ1) is 10.9. The first-order chi connectivity index (χ1) is 7.38. The first-order valence-corrected chi connectivity index (χ1v) is 5.92. The highest BCUT2D eigenvalue weighted by atomic mass is 32.2. The Balaban J connectivity index is 1.91. The van der Waals surface area contributed by atoms with Gasteiger partial charge in [-0.05, 0) is 12.8 Å². The number of aliphatic hydroxyl groups is 1. The molecule has 0 aliphatic carbocycles. The lowest BCUT2D eigenvalue weighted by Gasteiger charge is -2.20. The largest absolute Gasteiger partial charge is 0.392 e. The lowest BCUT2D eigenvalue weighted by molar-refractivity contribution is 0.1000. The number of thioether (sulfide) groups is 1. The fourth-order valence-corrected chi connectivity index (χ4v) is 2.38. The standard InChI is InChI=1S/C10H14N2O2S/c13-7-8-5-11-10(12-6-8)15-9-1-3-14-4-2-9/h5-6,9,13H,1-4,7H2. The summed E-state index contributed by atoms with van der Waals surface area (Å²) in [5, 5.41) is 10.2. The van der Waals surface area contributed by atoms with Crippen molar-refractivity contribution in [2.75, 3.05) is 13.2 Å². The lowest BCUT2D eigenvalue weighted by Crippen LogP contribution is -2.17. The number of aromatic nitrogens is 2. The topological polar surface area (TPSA) is 55.2 Å². The molecular weight excluding hydrogens is 212 g/mol. The highest BCUT2D eigenvalue weighted by molar-refractivity contribution is 7.99. The summed E-state index contributed by atoms with van der Waals surface area (Å²) in [6, 6.07) is 0. The number of hydrogen-bond acceptors (Lipinski definition) is 5. The van der Waals surface area contributed by atoms with Crippen LogP contribution < -0.4 is 0 Å². The van der Waals surface area contributed by atoms with E-state index in [4.69, 9.17) is 9.84 Å². The van der Waals surface area contributed by atoms with Gasteiger partial charge >= 0.3 is 0 Å². The van der Waals surface area contributed by atoms with E-state index in [1.54, 1.807) is 24.2 Å². The average Bonchev–Trinajstić information content (AvgIpc) is 2.31. The Labute approximate surface area is 93.1 Å². The molecule has 2 heterocycles. The van der Waals surface area contributed by atoms with Crippen LogP contribution in [0.25, 0.3) is 0 Å². The first-order valence-electron chi connectivity index (χ1n) is 5.04. The Morgan fingerprint density at radius 3 is 2.60 bits per heavy atom. The molecule has 82 valence electrons. The number of nitrogens with zero attached hydrogens (tertiary/aromatic N) is 2. The normalized spacial score (nSPS) is 17.9. The van der Waals surface area contributed by atoms with Crippen LogP contribution in [0.5, 0.6) is 0 Å². The quantitative estimate of drug-likeness (QED) is 0.786. The zero-order valence-corrected chi connectivity index (χ0v) is 9.24. The Hall–Kier alpha value is -0.650. The van der Waals surface area contributed by atoms with Gasteiger partial charge in [0, 0.05) is 36.4 Å². The van der Waals surface area contributed by atoms with Crippen molar-refractivity contribution in [3.05, 3.63) is 18.0 Å². The molecule has 1 aromatic rings. The van der Waals surface area contributed by atoms with Crippen LogP contribution in [-0.2, 0) is 11.3 Å². The Bertz CT molecular complexity index is 299. The molecule has 0 bridgehead atoms. The molecule has 2 rings (SSSR count). The predicted molar refractivity (Wildman–Crippen MR) is 57.7 cm³/mol. The van der Waals surface area contributed by atoms with Crippen molar-refractivity contribution in [1.29, 1.82) is 0 Å². The summed E-state index contributed by atoms with van der Waals surface area (Å²) >= 11 is 1.70. The summed E-state index contributed by atoms with van der Waals surface area (Å²) in [6.07, 6.45) is 5.48. The van der Waals surface area contributed by atoms with Gasteiger partial charge in [0.2, 0.25) is 0 Å². The third kappa shape index (κ3) is 3.15.